The monoisotopic (exact) mass is 385 g/mol. The fourth-order valence-electron chi connectivity index (χ4n) is 4.38. The number of piperidine rings is 1. The molecule has 0 radical (unpaired) electrons. The Labute approximate surface area is 166 Å². The molecular weight excluding hydrogens is 356 g/mol. The van der Waals surface area contributed by atoms with Gasteiger partial charge in [0.1, 0.15) is 0 Å². The first-order chi connectivity index (χ1) is 12.6. The van der Waals surface area contributed by atoms with Gasteiger partial charge in [-0.1, -0.05) is 23.9 Å². The fourth-order valence-corrected chi connectivity index (χ4v) is 5.89. The van der Waals surface area contributed by atoms with Crippen molar-refractivity contribution in [3.63, 3.8) is 0 Å². The van der Waals surface area contributed by atoms with Crippen molar-refractivity contribution in [3.05, 3.63) is 42.5 Å². The van der Waals surface area contributed by atoms with Gasteiger partial charge in [-0.3, -0.25) is 0 Å². The molecule has 2 aliphatic rings. The van der Waals surface area contributed by atoms with E-state index >= 15 is 0 Å². The van der Waals surface area contributed by atoms with Gasteiger partial charge in [-0.15, -0.1) is 11.8 Å². The number of thioether (sulfide) groups is 1. The molecule has 0 aromatic heterocycles. The Balaban J connectivity index is 1.64. The molecule has 0 N–H and O–H groups in total. The molecule has 1 fully saturated rings. The summed E-state index contributed by atoms with van der Waals surface area (Å²) in [5.41, 5.74) is 2.77. The van der Waals surface area contributed by atoms with E-state index in [1.807, 2.05) is 23.5 Å². The number of benzene rings is 2. The van der Waals surface area contributed by atoms with Gasteiger partial charge in [0.15, 0.2) is 0 Å². The molecule has 4 heteroatoms. The highest BCUT2D eigenvalue weighted by Crippen LogP contribution is 2.49. The zero-order chi connectivity index (χ0) is 18.1. The molecule has 0 saturated carbocycles. The van der Waals surface area contributed by atoms with E-state index in [0.717, 1.165) is 12.6 Å². The highest BCUT2D eigenvalue weighted by atomic mass is 32.2. The van der Waals surface area contributed by atoms with Gasteiger partial charge < -0.3 is 9.38 Å². The van der Waals surface area contributed by atoms with E-state index < -0.39 is 0 Å². The molecule has 2 nitrogen and oxygen atoms in total. The average molecular weight is 386 g/mol. The normalized spacial score (nSPS) is 21.2. The second kappa shape index (κ2) is 7.49. The summed E-state index contributed by atoms with van der Waals surface area (Å²) in [4.78, 5) is 6.70. The van der Waals surface area contributed by atoms with Crippen molar-refractivity contribution >= 4 is 34.9 Å². The number of rotatable bonds is 4. The number of nitrogens with zero attached hydrogens (tertiary/aromatic N) is 2. The van der Waals surface area contributed by atoms with Crippen molar-refractivity contribution in [1.29, 1.82) is 0 Å². The first-order valence-corrected chi connectivity index (χ1v) is 11.7. The number of anilines is 2. The highest BCUT2D eigenvalue weighted by molar-refractivity contribution is 8.00. The van der Waals surface area contributed by atoms with Gasteiger partial charge in [0.25, 0.3) is 0 Å². The Morgan fingerprint density at radius 3 is 2.69 bits per heavy atom. The van der Waals surface area contributed by atoms with Crippen LogP contribution in [0.4, 0.5) is 11.4 Å². The molecule has 2 aromatic carbocycles. The van der Waals surface area contributed by atoms with Gasteiger partial charge in [-0.2, -0.15) is 0 Å². The summed E-state index contributed by atoms with van der Waals surface area (Å²) in [6, 6.07) is 16.6. The van der Waals surface area contributed by atoms with Crippen LogP contribution in [0.5, 0.6) is 0 Å². The molecule has 0 bridgehead atoms. The van der Waals surface area contributed by atoms with Crippen LogP contribution in [0.2, 0.25) is 0 Å². The van der Waals surface area contributed by atoms with Crippen molar-refractivity contribution < 1.29 is 4.48 Å². The van der Waals surface area contributed by atoms with Gasteiger partial charge in [-0.25, -0.2) is 0 Å². The van der Waals surface area contributed by atoms with E-state index in [1.54, 1.807) is 0 Å². The summed E-state index contributed by atoms with van der Waals surface area (Å²) < 4.78 is 1.18. The number of likely N-dealkylation sites (tertiary alicyclic amines) is 1. The summed E-state index contributed by atoms with van der Waals surface area (Å²) in [5, 5.41) is 0. The predicted molar refractivity (Wildman–Crippen MR) is 115 cm³/mol. The number of para-hydroxylation sites is 1. The van der Waals surface area contributed by atoms with Crippen molar-refractivity contribution in [2.45, 2.75) is 46.4 Å². The van der Waals surface area contributed by atoms with Crippen molar-refractivity contribution in [2.24, 2.45) is 0 Å². The first kappa shape index (κ1) is 18.3. The SMILES string of the molecule is CSc1ccc2c(c1)N(CCC1CCCC[N+]1(C)C)c1ccccc1S2. The minimum Gasteiger partial charge on any atom is -0.339 e. The topological polar surface area (TPSA) is 3.24 Å². The van der Waals surface area contributed by atoms with Crippen LogP contribution in [-0.4, -0.2) is 44.0 Å². The molecule has 0 amide bonds. The Morgan fingerprint density at radius 2 is 1.88 bits per heavy atom. The zero-order valence-electron chi connectivity index (χ0n) is 16.1. The van der Waals surface area contributed by atoms with E-state index in [4.69, 9.17) is 0 Å². The van der Waals surface area contributed by atoms with Gasteiger partial charge in [0, 0.05) is 27.7 Å². The minimum atomic E-state index is 0.776. The maximum atomic E-state index is 2.58. The lowest BCUT2D eigenvalue weighted by molar-refractivity contribution is -0.920. The summed E-state index contributed by atoms with van der Waals surface area (Å²) in [6.07, 6.45) is 7.57. The average Bonchev–Trinajstić information content (AvgIpc) is 2.65. The van der Waals surface area contributed by atoms with Crippen molar-refractivity contribution in [1.82, 2.24) is 0 Å². The van der Waals surface area contributed by atoms with Crippen LogP contribution in [0.3, 0.4) is 0 Å². The third-order valence-corrected chi connectivity index (χ3v) is 7.88. The van der Waals surface area contributed by atoms with Crippen molar-refractivity contribution in [3.8, 4) is 0 Å². The van der Waals surface area contributed by atoms with Crippen LogP contribution < -0.4 is 4.90 Å². The molecule has 4 rings (SSSR count). The maximum absolute atomic E-state index is 2.58. The lowest BCUT2D eigenvalue weighted by Gasteiger charge is -2.43. The van der Waals surface area contributed by atoms with Gasteiger partial charge in [0.05, 0.1) is 38.1 Å². The van der Waals surface area contributed by atoms with Crippen molar-refractivity contribution in [2.75, 3.05) is 38.3 Å². The standard InChI is InChI=1S/C22H29N2S2/c1-24(2)15-7-6-8-17(24)13-14-23-19-9-4-5-10-21(19)26-22-12-11-18(25-3)16-20(22)23/h4-5,9-12,16-17H,6-8,13-15H2,1-3H3/q+1. The molecule has 0 aliphatic carbocycles. The number of quaternary nitrogens is 1. The van der Waals surface area contributed by atoms with Crippen LogP contribution in [0, 0.1) is 0 Å². The first-order valence-electron chi connectivity index (χ1n) is 9.63. The Hall–Kier alpha value is -1.10. The Bertz CT molecular complexity index is 787. The molecule has 26 heavy (non-hydrogen) atoms. The number of fused-ring (bicyclic) bond motifs is 2. The fraction of sp³-hybridized carbons (Fsp3) is 0.455. The van der Waals surface area contributed by atoms with E-state index in [0.29, 0.717) is 0 Å². The van der Waals surface area contributed by atoms with Crippen LogP contribution in [0.1, 0.15) is 25.7 Å². The van der Waals surface area contributed by atoms with Gasteiger partial charge >= 0.3 is 0 Å². The largest absolute Gasteiger partial charge is 0.339 e. The van der Waals surface area contributed by atoms with Gasteiger partial charge in [-0.05, 0) is 55.9 Å². The second-order valence-corrected chi connectivity index (χ2v) is 9.96. The molecule has 2 heterocycles. The third kappa shape index (κ3) is 3.51. The molecule has 1 atom stereocenters. The van der Waals surface area contributed by atoms with Crippen LogP contribution in [-0.2, 0) is 0 Å². The predicted octanol–water partition coefficient (Wildman–Crippen LogP) is 6.03. The van der Waals surface area contributed by atoms with E-state index in [2.05, 4.69) is 67.7 Å². The maximum Gasteiger partial charge on any atom is 0.0903 e. The molecule has 0 spiro atoms. The van der Waals surface area contributed by atoms with E-state index in [1.165, 1.54) is 62.8 Å². The summed E-state index contributed by atoms with van der Waals surface area (Å²) in [7, 11) is 4.84. The molecular formula is C22H29N2S2+. The van der Waals surface area contributed by atoms with E-state index in [-0.39, 0.29) is 0 Å². The second-order valence-electron chi connectivity index (χ2n) is 8.00. The molecule has 2 aromatic rings. The smallest absolute Gasteiger partial charge is 0.0903 e. The zero-order valence-corrected chi connectivity index (χ0v) is 17.7. The van der Waals surface area contributed by atoms with Crippen LogP contribution in [0.25, 0.3) is 0 Å². The molecule has 1 saturated heterocycles. The molecule has 2 aliphatic heterocycles. The summed E-state index contributed by atoms with van der Waals surface area (Å²) in [5.74, 6) is 0. The van der Waals surface area contributed by atoms with Crippen LogP contribution >= 0.6 is 23.5 Å². The third-order valence-electron chi connectivity index (χ3n) is 6.03. The molecule has 138 valence electrons. The number of hydrogen-bond donors (Lipinski definition) is 0. The quantitative estimate of drug-likeness (QED) is 0.467. The summed E-state index contributed by atoms with van der Waals surface area (Å²) in [6.45, 7) is 2.43. The van der Waals surface area contributed by atoms with E-state index in [9.17, 15) is 0 Å². The number of hydrogen-bond acceptors (Lipinski definition) is 3. The lowest BCUT2D eigenvalue weighted by atomic mass is 9.97. The Kier molecular flexibility index (Phi) is 5.27. The summed E-state index contributed by atoms with van der Waals surface area (Å²) >= 11 is 3.74. The highest BCUT2D eigenvalue weighted by Gasteiger charge is 2.32. The minimum absolute atomic E-state index is 0.776. The lowest BCUT2D eigenvalue weighted by Crippen LogP contribution is -2.52. The Morgan fingerprint density at radius 1 is 1.08 bits per heavy atom. The molecule has 1 unspecified atom stereocenters. The van der Waals surface area contributed by atoms with Crippen LogP contribution in [0.15, 0.2) is 57.2 Å². The van der Waals surface area contributed by atoms with Gasteiger partial charge in [0.2, 0.25) is 0 Å².